The summed E-state index contributed by atoms with van der Waals surface area (Å²) in [5.74, 6) is 1.77. The Labute approximate surface area is 118 Å². The molecule has 0 bridgehead atoms. The minimum Gasteiger partial charge on any atom is -0.384 e. The van der Waals surface area contributed by atoms with Crippen LogP contribution in [0.4, 0.5) is 17.3 Å². The van der Waals surface area contributed by atoms with Crippen molar-refractivity contribution in [2.24, 2.45) is 0 Å². The molecule has 1 aromatic heterocycles. The van der Waals surface area contributed by atoms with Crippen LogP contribution in [0.15, 0.2) is 30.3 Å². The summed E-state index contributed by atoms with van der Waals surface area (Å²) in [5.41, 5.74) is 7.12. The number of nitriles is 1. The zero-order valence-electron chi connectivity index (χ0n) is 11.8. The molecule has 2 aromatic rings. The van der Waals surface area contributed by atoms with Crippen molar-refractivity contribution < 1.29 is 0 Å². The third-order valence-corrected chi connectivity index (χ3v) is 2.70. The normalized spacial score (nSPS) is 10.9. The number of anilines is 3. The first-order chi connectivity index (χ1) is 9.38. The molecule has 0 radical (unpaired) electrons. The fourth-order valence-corrected chi connectivity index (χ4v) is 1.64. The number of nitrogens with zero attached hydrogens (tertiary/aromatic N) is 3. The Bertz CT molecular complexity index is 647. The van der Waals surface area contributed by atoms with Crippen LogP contribution >= 0.6 is 0 Å². The molecule has 2 rings (SSSR count). The van der Waals surface area contributed by atoms with Crippen molar-refractivity contribution in [1.29, 1.82) is 5.26 Å². The van der Waals surface area contributed by atoms with E-state index in [0.717, 1.165) is 5.69 Å². The molecular weight excluding hydrogens is 250 g/mol. The van der Waals surface area contributed by atoms with Crippen LogP contribution in [0, 0.1) is 11.3 Å². The summed E-state index contributed by atoms with van der Waals surface area (Å²) in [7, 11) is 0. The smallest absolute Gasteiger partial charge is 0.138 e. The van der Waals surface area contributed by atoms with Crippen molar-refractivity contribution in [2.75, 3.05) is 11.1 Å². The second kappa shape index (κ2) is 5.17. The molecule has 20 heavy (non-hydrogen) atoms. The molecule has 102 valence electrons. The van der Waals surface area contributed by atoms with Gasteiger partial charge in [-0.15, -0.1) is 0 Å². The first-order valence-electron chi connectivity index (χ1n) is 6.31. The van der Waals surface area contributed by atoms with Gasteiger partial charge in [0.05, 0.1) is 11.6 Å². The highest BCUT2D eigenvalue weighted by atomic mass is 15.1. The van der Waals surface area contributed by atoms with Gasteiger partial charge in [-0.05, 0) is 24.3 Å². The van der Waals surface area contributed by atoms with E-state index in [-0.39, 0.29) is 5.41 Å². The molecule has 0 unspecified atom stereocenters. The molecule has 0 atom stereocenters. The van der Waals surface area contributed by atoms with Gasteiger partial charge in [0.25, 0.3) is 0 Å². The van der Waals surface area contributed by atoms with Gasteiger partial charge in [-0.2, -0.15) is 5.26 Å². The summed E-state index contributed by atoms with van der Waals surface area (Å²) in [6, 6.07) is 10.9. The topological polar surface area (TPSA) is 87.6 Å². The molecule has 0 amide bonds. The predicted octanol–water partition coefficient (Wildman–Crippen LogP) is 2.97. The maximum absolute atomic E-state index is 8.77. The molecule has 0 saturated heterocycles. The second-order valence-electron chi connectivity index (χ2n) is 5.57. The molecule has 5 heteroatoms. The molecule has 0 saturated carbocycles. The Hall–Kier alpha value is -2.61. The number of nitrogen functional groups attached to an aromatic ring is 1. The number of hydrogen-bond acceptors (Lipinski definition) is 5. The molecule has 1 aromatic carbocycles. The predicted molar refractivity (Wildman–Crippen MR) is 79.6 cm³/mol. The lowest BCUT2D eigenvalue weighted by molar-refractivity contribution is 0.547. The van der Waals surface area contributed by atoms with Crippen molar-refractivity contribution in [3.63, 3.8) is 0 Å². The molecule has 0 spiro atoms. The van der Waals surface area contributed by atoms with Gasteiger partial charge in [-0.3, -0.25) is 0 Å². The third kappa shape index (κ3) is 3.23. The molecule has 1 heterocycles. The average Bonchev–Trinajstić information content (AvgIpc) is 2.38. The average molecular weight is 267 g/mol. The molecule has 0 fully saturated rings. The standard InChI is InChI=1S/C15H17N5/c1-15(2,3)14-19-12(17)8-13(20-14)18-11-6-4-10(9-16)5-7-11/h4-8H,1-3H3,(H3,17,18,19,20). The van der Waals surface area contributed by atoms with Gasteiger partial charge in [-0.25, -0.2) is 9.97 Å². The SMILES string of the molecule is CC(C)(C)c1nc(N)cc(Nc2ccc(C#N)cc2)n1. The van der Waals surface area contributed by atoms with Gasteiger partial charge in [0.2, 0.25) is 0 Å². The highest BCUT2D eigenvalue weighted by Gasteiger charge is 2.18. The van der Waals surface area contributed by atoms with Crippen LogP contribution in [0.2, 0.25) is 0 Å². The van der Waals surface area contributed by atoms with E-state index < -0.39 is 0 Å². The number of rotatable bonds is 2. The van der Waals surface area contributed by atoms with Crippen LogP contribution in [0.1, 0.15) is 32.2 Å². The molecule has 5 nitrogen and oxygen atoms in total. The number of aromatic nitrogens is 2. The van der Waals surface area contributed by atoms with Crippen molar-refractivity contribution in [3.8, 4) is 6.07 Å². The van der Waals surface area contributed by atoms with Gasteiger partial charge in [0, 0.05) is 17.2 Å². The van der Waals surface area contributed by atoms with Crippen LogP contribution < -0.4 is 11.1 Å². The Morgan fingerprint density at radius 1 is 1.15 bits per heavy atom. The van der Waals surface area contributed by atoms with Gasteiger partial charge in [-0.1, -0.05) is 20.8 Å². The van der Waals surface area contributed by atoms with E-state index in [2.05, 4.69) is 21.4 Å². The second-order valence-corrected chi connectivity index (χ2v) is 5.57. The highest BCUT2D eigenvalue weighted by molar-refractivity contribution is 5.59. The molecule has 0 aliphatic carbocycles. The fourth-order valence-electron chi connectivity index (χ4n) is 1.64. The number of nitrogens with one attached hydrogen (secondary N) is 1. The maximum atomic E-state index is 8.77. The number of benzene rings is 1. The molecule has 0 aliphatic rings. The van der Waals surface area contributed by atoms with Gasteiger partial charge < -0.3 is 11.1 Å². The van der Waals surface area contributed by atoms with E-state index in [9.17, 15) is 0 Å². The summed E-state index contributed by atoms with van der Waals surface area (Å²) in [5, 5.41) is 11.9. The Kier molecular flexibility index (Phi) is 3.57. The zero-order chi connectivity index (χ0) is 14.8. The zero-order valence-corrected chi connectivity index (χ0v) is 11.8. The Morgan fingerprint density at radius 3 is 2.35 bits per heavy atom. The van der Waals surface area contributed by atoms with Crippen LogP contribution in [-0.2, 0) is 5.41 Å². The van der Waals surface area contributed by atoms with Crippen LogP contribution in [0.5, 0.6) is 0 Å². The minimum atomic E-state index is -0.170. The number of hydrogen-bond donors (Lipinski definition) is 2. The lowest BCUT2D eigenvalue weighted by Crippen LogP contribution is -2.17. The van der Waals surface area contributed by atoms with Gasteiger partial charge in [0.1, 0.15) is 17.5 Å². The number of nitrogens with two attached hydrogens (primary N) is 1. The van der Waals surface area contributed by atoms with Gasteiger partial charge in [0.15, 0.2) is 0 Å². The van der Waals surface area contributed by atoms with Crippen LogP contribution in [0.25, 0.3) is 0 Å². The first-order valence-corrected chi connectivity index (χ1v) is 6.31. The summed E-state index contributed by atoms with van der Waals surface area (Å²) in [4.78, 5) is 8.73. The largest absolute Gasteiger partial charge is 0.384 e. The first kappa shape index (κ1) is 13.8. The lowest BCUT2D eigenvalue weighted by atomic mass is 9.96. The van der Waals surface area contributed by atoms with E-state index in [4.69, 9.17) is 11.0 Å². The summed E-state index contributed by atoms with van der Waals surface area (Å²) in [6.45, 7) is 6.10. The summed E-state index contributed by atoms with van der Waals surface area (Å²) in [6.07, 6.45) is 0. The van der Waals surface area contributed by atoms with E-state index in [1.807, 2.05) is 32.9 Å². The molecular formula is C15H17N5. The van der Waals surface area contributed by atoms with E-state index in [0.29, 0.717) is 23.0 Å². The van der Waals surface area contributed by atoms with Crippen molar-refractivity contribution in [3.05, 3.63) is 41.7 Å². The summed E-state index contributed by atoms with van der Waals surface area (Å²) >= 11 is 0. The van der Waals surface area contributed by atoms with Gasteiger partial charge >= 0.3 is 0 Å². The third-order valence-electron chi connectivity index (χ3n) is 2.70. The fraction of sp³-hybridized carbons (Fsp3) is 0.267. The Morgan fingerprint density at radius 2 is 1.80 bits per heavy atom. The molecule has 3 N–H and O–H groups in total. The highest BCUT2D eigenvalue weighted by Crippen LogP contribution is 2.23. The van der Waals surface area contributed by atoms with Crippen molar-refractivity contribution >= 4 is 17.3 Å². The minimum absolute atomic E-state index is 0.170. The van der Waals surface area contributed by atoms with Crippen molar-refractivity contribution in [1.82, 2.24) is 9.97 Å². The quantitative estimate of drug-likeness (QED) is 0.873. The lowest BCUT2D eigenvalue weighted by Gasteiger charge is -2.18. The monoisotopic (exact) mass is 267 g/mol. The van der Waals surface area contributed by atoms with E-state index in [1.165, 1.54) is 0 Å². The van der Waals surface area contributed by atoms with E-state index >= 15 is 0 Å². The Balaban J connectivity index is 2.29. The van der Waals surface area contributed by atoms with Crippen LogP contribution in [-0.4, -0.2) is 9.97 Å². The van der Waals surface area contributed by atoms with E-state index in [1.54, 1.807) is 18.2 Å². The summed E-state index contributed by atoms with van der Waals surface area (Å²) < 4.78 is 0. The van der Waals surface area contributed by atoms with Crippen molar-refractivity contribution in [2.45, 2.75) is 26.2 Å². The van der Waals surface area contributed by atoms with Crippen LogP contribution in [0.3, 0.4) is 0 Å². The maximum Gasteiger partial charge on any atom is 0.138 e. The molecule has 0 aliphatic heterocycles.